The maximum absolute atomic E-state index is 8.78. The minimum atomic E-state index is 0.392. The molecule has 0 amide bonds. The zero-order valence-corrected chi connectivity index (χ0v) is 13.1. The Balaban J connectivity index is 1.68. The van der Waals surface area contributed by atoms with Crippen molar-refractivity contribution in [1.29, 1.82) is 5.26 Å². The van der Waals surface area contributed by atoms with E-state index in [4.69, 9.17) is 9.78 Å². The largest absolute Gasteiger partial charge is 0.342 e. The molecule has 0 aliphatic carbocycles. The maximum atomic E-state index is 8.78. The molecule has 3 rings (SSSR count). The fourth-order valence-corrected chi connectivity index (χ4v) is 2.69. The number of benzene rings is 1. The van der Waals surface area contributed by atoms with Crippen LogP contribution in [0.5, 0.6) is 0 Å². The van der Waals surface area contributed by atoms with E-state index in [-0.39, 0.29) is 0 Å². The van der Waals surface area contributed by atoms with Crippen LogP contribution >= 0.6 is 27.7 Å². The van der Waals surface area contributed by atoms with Crippen LogP contribution in [0.15, 0.2) is 50.3 Å². The van der Waals surface area contributed by atoms with E-state index in [9.17, 15) is 0 Å². The highest BCUT2D eigenvalue weighted by Gasteiger charge is 2.11. The average molecular weight is 361 g/mol. The number of thioether (sulfide) groups is 1. The zero-order valence-electron chi connectivity index (χ0n) is 10.7. The van der Waals surface area contributed by atoms with Crippen molar-refractivity contribution in [3.05, 3.63) is 52.4 Å². The van der Waals surface area contributed by atoms with E-state index in [1.807, 2.05) is 30.3 Å². The maximum Gasteiger partial charge on any atom is 0.274 e. The summed E-state index contributed by atoms with van der Waals surface area (Å²) in [6.07, 6.45) is 0. The molecule has 21 heavy (non-hydrogen) atoms. The lowest BCUT2D eigenvalue weighted by Gasteiger charge is -1.97. The molecule has 0 saturated heterocycles. The molecule has 5 nitrogen and oxygen atoms in total. The van der Waals surface area contributed by atoms with Crippen molar-refractivity contribution in [2.75, 3.05) is 0 Å². The Bertz CT molecular complexity index is 788. The fraction of sp³-hybridized carbons (Fsp3) is 0.0714. The van der Waals surface area contributed by atoms with Crippen LogP contribution in [-0.4, -0.2) is 15.1 Å². The molecule has 0 aliphatic rings. The zero-order chi connectivity index (χ0) is 14.7. The monoisotopic (exact) mass is 360 g/mol. The van der Waals surface area contributed by atoms with Crippen molar-refractivity contribution < 1.29 is 4.52 Å². The Morgan fingerprint density at radius 2 is 2.05 bits per heavy atom. The van der Waals surface area contributed by atoms with Gasteiger partial charge in [0.25, 0.3) is 5.89 Å². The molecule has 0 bridgehead atoms. The van der Waals surface area contributed by atoms with Crippen molar-refractivity contribution >= 4 is 27.7 Å². The third-order valence-electron chi connectivity index (χ3n) is 2.69. The van der Waals surface area contributed by atoms with Crippen molar-refractivity contribution in [2.24, 2.45) is 0 Å². The molecule has 0 atom stereocenters. The van der Waals surface area contributed by atoms with Crippen molar-refractivity contribution in [3.8, 4) is 17.7 Å². The molecule has 1 aromatic carbocycles. The van der Waals surface area contributed by atoms with E-state index in [1.54, 1.807) is 23.9 Å². The molecule has 0 radical (unpaired) electrons. The Morgan fingerprint density at radius 3 is 2.76 bits per heavy atom. The van der Waals surface area contributed by atoms with Gasteiger partial charge in [0.15, 0.2) is 5.82 Å². The third kappa shape index (κ3) is 3.35. The van der Waals surface area contributed by atoms with Crippen molar-refractivity contribution in [1.82, 2.24) is 15.1 Å². The average Bonchev–Trinajstić information content (AvgIpc) is 3.15. The summed E-state index contributed by atoms with van der Waals surface area (Å²) < 4.78 is 6.24. The van der Waals surface area contributed by atoms with Gasteiger partial charge in [0.1, 0.15) is 17.5 Å². The number of nitrogens with one attached hydrogen (secondary N) is 1. The Morgan fingerprint density at radius 1 is 1.24 bits per heavy atom. The lowest BCUT2D eigenvalue weighted by molar-refractivity contribution is 0.424. The molecule has 7 heteroatoms. The van der Waals surface area contributed by atoms with E-state index in [1.165, 1.54) is 0 Å². The van der Waals surface area contributed by atoms with Crippen LogP contribution < -0.4 is 0 Å². The van der Waals surface area contributed by atoms with Crippen molar-refractivity contribution in [2.45, 2.75) is 10.6 Å². The van der Waals surface area contributed by atoms with E-state index in [2.05, 4.69) is 31.1 Å². The van der Waals surface area contributed by atoms with Gasteiger partial charge >= 0.3 is 0 Å². The summed E-state index contributed by atoms with van der Waals surface area (Å²) in [5.41, 5.74) is 1.12. The summed E-state index contributed by atoms with van der Waals surface area (Å²) >= 11 is 5.04. The van der Waals surface area contributed by atoms with E-state index in [0.29, 0.717) is 28.9 Å². The van der Waals surface area contributed by atoms with Gasteiger partial charge < -0.3 is 9.51 Å². The molecule has 0 aliphatic heterocycles. The van der Waals surface area contributed by atoms with Crippen LogP contribution in [-0.2, 0) is 5.75 Å². The molecule has 0 saturated carbocycles. The summed E-state index contributed by atoms with van der Waals surface area (Å²) in [4.78, 5) is 8.35. The van der Waals surface area contributed by atoms with Gasteiger partial charge in [-0.3, -0.25) is 0 Å². The van der Waals surface area contributed by atoms with Gasteiger partial charge in [0.05, 0.1) is 5.75 Å². The summed E-state index contributed by atoms with van der Waals surface area (Å²) in [6.45, 7) is 0. The molecule has 0 unspecified atom stereocenters. The predicted molar refractivity (Wildman–Crippen MR) is 82.5 cm³/mol. The fourth-order valence-electron chi connectivity index (χ4n) is 1.69. The highest BCUT2D eigenvalue weighted by Crippen LogP contribution is 2.24. The molecular weight excluding hydrogens is 352 g/mol. The second kappa shape index (κ2) is 6.16. The van der Waals surface area contributed by atoms with Crippen LogP contribution in [0, 0.1) is 11.3 Å². The number of hydrogen-bond donors (Lipinski definition) is 1. The van der Waals surface area contributed by atoms with E-state index >= 15 is 0 Å². The first kappa shape index (κ1) is 13.9. The second-order valence-electron chi connectivity index (χ2n) is 4.16. The highest BCUT2D eigenvalue weighted by atomic mass is 79.9. The van der Waals surface area contributed by atoms with Crippen LogP contribution in [0.25, 0.3) is 11.6 Å². The van der Waals surface area contributed by atoms with Gasteiger partial charge in [-0.2, -0.15) is 10.2 Å². The molecule has 0 spiro atoms. The minimum absolute atomic E-state index is 0.392. The van der Waals surface area contributed by atoms with Gasteiger partial charge in [0, 0.05) is 9.37 Å². The first-order valence-electron chi connectivity index (χ1n) is 6.05. The molecule has 1 N–H and O–H groups in total. The SMILES string of the molecule is N#Cc1ccc(-c2nc(CSc3ccc(Br)cc3)no2)[nH]1. The van der Waals surface area contributed by atoms with Gasteiger partial charge in [0.2, 0.25) is 0 Å². The Hall–Kier alpha value is -2.04. The van der Waals surface area contributed by atoms with E-state index < -0.39 is 0 Å². The molecule has 2 heterocycles. The highest BCUT2D eigenvalue weighted by molar-refractivity contribution is 9.10. The van der Waals surface area contributed by atoms with Crippen LogP contribution in [0.4, 0.5) is 0 Å². The summed E-state index contributed by atoms with van der Waals surface area (Å²) in [5.74, 6) is 1.63. The summed E-state index contributed by atoms with van der Waals surface area (Å²) in [5, 5.41) is 12.7. The topological polar surface area (TPSA) is 78.5 Å². The number of aromatic amines is 1. The predicted octanol–water partition coefficient (Wildman–Crippen LogP) is 3.99. The van der Waals surface area contributed by atoms with Gasteiger partial charge in [-0.1, -0.05) is 21.1 Å². The summed E-state index contributed by atoms with van der Waals surface area (Å²) in [7, 11) is 0. The molecule has 2 aromatic heterocycles. The van der Waals surface area contributed by atoms with E-state index in [0.717, 1.165) is 9.37 Å². The molecule has 104 valence electrons. The second-order valence-corrected chi connectivity index (χ2v) is 6.12. The Kier molecular flexibility index (Phi) is 4.08. The minimum Gasteiger partial charge on any atom is -0.342 e. The number of hydrogen-bond acceptors (Lipinski definition) is 5. The van der Waals surface area contributed by atoms with Gasteiger partial charge in [-0.25, -0.2) is 0 Å². The number of halogens is 1. The lowest BCUT2D eigenvalue weighted by atomic mass is 10.4. The van der Waals surface area contributed by atoms with Crippen molar-refractivity contribution in [3.63, 3.8) is 0 Å². The summed E-state index contributed by atoms with van der Waals surface area (Å²) in [6, 6.07) is 13.5. The van der Waals surface area contributed by atoms with Gasteiger partial charge in [-0.05, 0) is 36.4 Å². The van der Waals surface area contributed by atoms with Crippen LogP contribution in [0.1, 0.15) is 11.5 Å². The molecule has 0 fully saturated rings. The number of nitrogens with zero attached hydrogens (tertiary/aromatic N) is 3. The first-order valence-corrected chi connectivity index (χ1v) is 7.83. The molecular formula is C14H9BrN4OS. The standard InChI is InChI=1S/C14H9BrN4OS/c15-9-1-4-11(5-2-9)21-8-13-18-14(20-19-13)12-6-3-10(7-16)17-12/h1-6,17H,8H2. The smallest absolute Gasteiger partial charge is 0.274 e. The first-order chi connectivity index (χ1) is 10.2. The quantitative estimate of drug-likeness (QED) is 0.711. The number of aromatic nitrogens is 3. The number of H-pyrrole nitrogens is 1. The lowest BCUT2D eigenvalue weighted by Crippen LogP contribution is -1.84. The number of nitriles is 1. The number of rotatable bonds is 4. The third-order valence-corrected chi connectivity index (χ3v) is 4.22. The van der Waals surface area contributed by atoms with Crippen LogP contribution in [0.3, 0.4) is 0 Å². The van der Waals surface area contributed by atoms with Crippen LogP contribution in [0.2, 0.25) is 0 Å². The molecule has 3 aromatic rings. The normalized spacial score (nSPS) is 10.5. The van der Waals surface area contributed by atoms with Gasteiger partial charge in [-0.15, -0.1) is 11.8 Å². The Labute approximate surface area is 133 Å².